The van der Waals surface area contributed by atoms with Crippen LogP contribution < -0.4 is 0 Å². The van der Waals surface area contributed by atoms with Gasteiger partial charge in [-0.1, -0.05) is 81.4 Å². The van der Waals surface area contributed by atoms with E-state index >= 15 is 0 Å². The summed E-state index contributed by atoms with van der Waals surface area (Å²) in [6, 6.07) is 19.0. The highest BCUT2D eigenvalue weighted by molar-refractivity contribution is 6.22. The fourth-order valence-electron chi connectivity index (χ4n) is 3.94. The molecule has 2 aromatic rings. The van der Waals surface area contributed by atoms with Gasteiger partial charge >= 0.3 is 13.7 Å². The Kier molecular flexibility index (Phi) is 9.72. The summed E-state index contributed by atoms with van der Waals surface area (Å²) in [5, 5.41) is 0. The molecule has 1 radical (unpaired) electrons. The third-order valence-corrected chi connectivity index (χ3v) is 6.48. The molecular weight excluding hydrogens is 431 g/mol. The van der Waals surface area contributed by atoms with Gasteiger partial charge in [0, 0.05) is 6.61 Å². The number of carbonyl (C=O) groups is 2. The zero-order valence-corrected chi connectivity index (χ0v) is 20.3. The van der Waals surface area contributed by atoms with Crippen molar-refractivity contribution >= 4 is 19.6 Å². The van der Waals surface area contributed by atoms with Gasteiger partial charge in [0.25, 0.3) is 5.97 Å². The SMILES string of the molecule is CC(C(=O)OCc1ccccc1)C(C)(C)CC(C(=O)O[B]OC1CCCCO1)c1ccccc1. The van der Waals surface area contributed by atoms with Crippen LogP contribution in [0.2, 0.25) is 0 Å². The standard InChI is InChI=1S/C27H34BO6/c1-20(25(29)32-19-21-12-6-4-7-13-21)27(2,3)18-23(22-14-8-5-9-15-22)26(30)34-28-33-24-16-10-11-17-31-24/h4-9,12-15,20,23-24H,10-11,16-19H2,1-3H3. The molecule has 0 aliphatic carbocycles. The Bertz CT molecular complexity index is 896. The number of hydrogen-bond acceptors (Lipinski definition) is 6. The number of esters is 1. The van der Waals surface area contributed by atoms with E-state index in [9.17, 15) is 9.59 Å². The molecule has 2 aromatic carbocycles. The van der Waals surface area contributed by atoms with Gasteiger partial charge in [0.1, 0.15) is 12.9 Å². The number of benzene rings is 2. The van der Waals surface area contributed by atoms with Crippen LogP contribution in [-0.2, 0) is 35.0 Å². The molecule has 1 aliphatic rings. The van der Waals surface area contributed by atoms with Gasteiger partial charge in [0.15, 0.2) is 0 Å². The van der Waals surface area contributed by atoms with Crippen molar-refractivity contribution in [2.45, 2.75) is 65.3 Å². The summed E-state index contributed by atoms with van der Waals surface area (Å²) in [5.41, 5.74) is 1.23. The quantitative estimate of drug-likeness (QED) is 0.336. The van der Waals surface area contributed by atoms with Crippen LogP contribution in [0.4, 0.5) is 0 Å². The minimum atomic E-state index is -0.562. The van der Waals surface area contributed by atoms with Crippen molar-refractivity contribution in [2.75, 3.05) is 6.61 Å². The van der Waals surface area contributed by atoms with Crippen LogP contribution in [0.1, 0.15) is 63.5 Å². The monoisotopic (exact) mass is 465 g/mol. The minimum Gasteiger partial charge on any atom is -0.510 e. The highest BCUT2D eigenvalue weighted by atomic mass is 16.7. The molecular formula is C27H34BO6. The van der Waals surface area contributed by atoms with Crippen molar-refractivity contribution in [3.63, 3.8) is 0 Å². The van der Waals surface area contributed by atoms with Crippen molar-refractivity contribution in [3.8, 4) is 0 Å². The van der Waals surface area contributed by atoms with Gasteiger partial charge in [-0.25, -0.2) is 0 Å². The third kappa shape index (κ3) is 7.71. The van der Waals surface area contributed by atoms with E-state index in [0.717, 1.165) is 38.1 Å². The number of carbonyl (C=O) groups excluding carboxylic acids is 2. The molecule has 0 N–H and O–H groups in total. The molecule has 0 saturated carbocycles. The summed E-state index contributed by atoms with van der Waals surface area (Å²) in [6.07, 6.45) is 2.83. The predicted molar refractivity (Wildman–Crippen MR) is 130 cm³/mol. The maximum absolute atomic E-state index is 13.1. The first-order chi connectivity index (χ1) is 16.4. The van der Waals surface area contributed by atoms with E-state index in [1.807, 2.05) is 81.4 Å². The Morgan fingerprint density at radius 1 is 1.03 bits per heavy atom. The first-order valence-corrected chi connectivity index (χ1v) is 11.9. The molecule has 0 spiro atoms. The average molecular weight is 465 g/mol. The van der Waals surface area contributed by atoms with E-state index in [0.29, 0.717) is 13.0 Å². The fraction of sp³-hybridized carbons (Fsp3) is 0.481. The van der Waals surface area contributed by atoms with E-state index < -0.39 is 23.2 Å². The smallest absolute Gasteiger partial charge is 0.510 e. The second-order valence-corrected chi connectivity index (χ2v) is 9.44. The van der Waals surface area contributed by atoms with Gasteiger partial charge in [0.2, 0.25) is 0 Å². The zero-order chi connectivity index (χ0) is 24.4. The summed E-state index contributed by atoms with van der Waals surface area (Å²) in [7, 11) is 1.08. The summed E-state index contributed by atoms with van der Waals surface area (Å²) >= 11 is 0. The number of rotatable bonds is 11. The van der Waals surface area contributed by atoms with Gasteiger partial charge in [-0.15, -0.1) is 0 Å². The predicted octanol–water partition coefficient (Wildman–Crippen LogP) is 5.19. The van der Waals surface area contributed by atoms with Crippen LogP contribution in [0.3, 0.4) is 0 Å². The lowest BCUT2D eigenvalue weighted by atomic mass is 9.72. The Morgan fingerprint density at radius 2 is 1.71 bits per heavy atom. The molecule has 181 valence electrons. The molecule has 3 rings (SSSR count). The van der Waals surface area contributed by atoms with Crippen LogP contribution in [0.15, 0.2) is 60.7 Å². The summed E-state index contributed by atoms with van der Waals surface area (Å²) in [6.45, 7) is 6.66. The van der Waals surface area contributed by atoms with Crippen LogP contribution in [0, 0.1) is 11.3 Å². The van der Waals surface area contributed by atoms with E-state index in [4.69, 9.17) is 18.8 Å². The van der Waals surface area contributed by atoms with Crippen LogP contribution in [0.25, 0.3) is 0 Å². The normalized spacial score (nSPS) is 17.9. The van der Waals surface area contributed by atoms with Gasteiger partial charge in [-0.05, 0) is 42.2 Å². The summed E-state index contributed by atoms with van der Waals surface area (Å²) in [4.78, 5) is 25.9. The maximum Gasteiger partial charge on any atom is 0.576 e. The minimum absolute atomic E-state index is 0.222. The third-order valence-electron chi connectivity index (χ3n) is 6.48. The molecule has 34 heavy (non-hydrogen) atoms. The van der Waals surface area contributed by atoms with Crippen LogP contribution in [-0.4, -0.2) is 32.5 Å². The van der Waals surface area contributed by atoms with Crippen molar-refractivity contribution in [1.29, 1.82) is 0 Å². The number of hydrogen-bond donors (Lipinski definition) is 0. The van der Waals surface area contributed by atoms with Crippen molar-refractivity contribution in [1.82, 2.24) is 0 Å². The van der Waals surface area contributed by atoms with E-state index in [2.05, 4.69) is 0 Å². The average Bonchev–Trinajstić information content (AvgIpc) is 2.87. The Hall–Kier alpha value is -2.64. The number of ether oxygens (including phenoxy) is 2. The molecule has 1 heterocycles. The molecule has 1 fully saturated rings. The van der Waals surface area contributed by atoms with Gasteiger partial charge in [-0.2, -0.15) is 0 Å². The molecule has 1 saturated heterocycles. The zero-order valence-electron chi connectivity index (χ0n) is 20.3. The summed E-state index contributed by atoms with van der Waals surface area (Å²) < 4.78 is 21.9. The highest BCUT2D eigenvalue weighted by Gasteiger charge is 2.38. The lowest BCUT2D eigenvalue weighted by Gasteiger charge is -2.33. The second kappa shape index (κ2) is 12.7. The first-order valence-electron chi connectivity index (χ1n) is 11.9. The van der Waals surface area contributed by atoms with Gasteiger partial charge in [-0.3, -0.25) is 9.59 Å². The first kappa shape index (κ1) is 26.0. The molecule has 0 amide bonds. The lowest BCUT2D eigenvalue weighted by molar-refractivity contribution is -0.155. The highest BCUT2D eigenvalue weighted by Crippen LogP contribution is 2.39. The Morgan fingerprint density at radius 3 is 2.35 bits per heavy atom. The largest absolute Gasteiger partial charge is 0.576 e. The van der Waals surface area contributed by atoms with Crippen LogP contribution in [0.5, 0.6) is 0 Å². The molecule has 6 nitrogen and oxygen atoms in total. The molecule has 3 unspecified atom stereocenters. The topological polar surface area (TPSA) is 71.1 Å². The van der Waals surface area contributed by atoms with E-state index in [1.54, 1.807) is 0 Å². The van der Waals surface area contributed by atoms with Crippen molar-refractivity contribution in [3.05, 3.63) is 71.8 Å². The van der Waals surface area contributed by atoms with E-state index in [-0.39, 0.29) is 18.9 Å². The van der Waals surface area contributed by atoms with Gasteiger partial charge < -0.3 is 18.8 Å². The van der Waals surface area contributed by atoms with Gasteiger partial charge in [0.05, 0.1) is 11.8 Å². The van der Waals surface area contributed by atoms with Crippen LogP contribution >= 0.6 is 0 Å². The molecule has 7 heteroatoms. The molecule has 3 atom stereocenters. The van der Waals surface area contributed by atoms with Crippen molar-refractivity contribution < 1.29 is 28.4 Å². The Labute approximate surface area is 203 Å². The molecule has 0 aromatic heterocycles. The fourth-order valence-corrected chi connectivity index (χ4v) is 3.94. The lowest BCUT2D eigenvalue weighted by Crippen LogP contribution is -2.34. The van der Waals surface area contributed by atoms with E-state index in [1.165, 1.54) is 0 Å². The second-order valence-electron chi connectivity index (χ2n) is 9.44. The molecule has 0 bridgehead atoms. The summed E-state index contributed by atoms with van der Waals surface area (Å²) in [5.74, 6) is -1.71. The Balaban J connectivity index is 1.61. The molecule has 1 aliphatic heterocycles. The van der Waals surface area contributed by atoms with Crippen molar-refractivity contribution in [2.24, 2.45) is 11.3 Å². The maximum atomic E-state index is 13.1.